The number of nitrogens with zero attached hydrogens (tertiary/aromatic N) is 2. The predicted molar refractivity (Wildman–Crippen MR) is 96.8 cm³/mol. The Morgan fingerprint density at radius 2 is 1.78 bits per heavy atom. The number of benzene rings is 2. The largest absolute Gasteiger partial charge is 0.390 e. The number of nitriles is 1. The first-order valence-electron chi connectivity index (χ1n) is 8.10. The highest BCUT2D eigenvalue weighted by Gasteiger charge is 2.48. The Balaban J connectivity index is 2.00. The molecule has 2 aromatic rings. The lowest BCUT2D eigenvalue weighted by Gasteiger charge is -2.32. The molecule has 1 aliphatic rings. The zero-order chi connectivity index (χ0) is 19.8. The third-order valence-corrected chi connectivity index (χ3v) is 5.24. The molecule has 0 spiro atoms. The van der Waals surface area contributed by atoms with E-state index in [2.05, 4.69) is 0 Å². The van der Waals surface area contributed by atoms with Crippen LogP contribution in [0.5, 0.6) is 0 Å². The normalized spacial score (nSPS) is 20.0. The van der Waals surface area contributed by atoms with Crippen LogP contribution >= 0.6 is 23.2 Å². The Bertz CT molecular complexity index is 887. The first-order valence-corrected chi connectivity index (χ1v) is 8.85. The first kappa shape index (κ1) is 19.8. The van der Waals surface area contributed by atoms with Crippen molar-refractivity contribution in [2.45, 2.75) is 24.4 Å². The van der Waals surface area contributed by atoms with Gasteiger partial charge in [0.2, 0.25) is 0 Å². The third-order valence-electron chi connectivity index (χ3n) is 4.80. The summed E-state index contributed by atoms with van der Waals surface area (Å²) in [6.07, 6.45) is -5.19. The van der Waals surface area contributed by atoms with Crippen molar-refractivity contribution in [1.82, 2.24) is 0 Å². The molecular formula is C19H14Cl2F4N2. The fourth-order valence-corrected chi connectivity index (χ4v) is 4.14. The molecule has 0 saturated carbocycles. The molecule has 1 heterocycles. The van der Waals surface area contributed by atoms with Crippen LogP contribution in [0.4, 0.5) is 23.2 Å². The van der Waals surface area contributed by atoms with E-state index in [-0.39, 0.29) is 28.6 Å². The van der Waals surface area contributed by atoms with E-state index >= 15 is 0 Å². The molecule has 8 heteroatoms. The van der Waals surface area contributed by atoms with Crippen molar-refractivity contribution >= 4 is 28.9 Å². The summed E-state index contributed by atoms with van der Waals surface area (Å²) < 4.78 is 53.7. The standard InChI is InChI=1S/C19H14Cl2F4N2/c20-14-6-13(7-15(21)8-14)18(10-19(23,24)25)3-4-27(11-18)16-1-2-17(22)12(5-16)9-26/h1-2,5-8H,3-4,10-11H2. The minimum absolute atomic E-state index is 0.0552. The van der Waals surface area contributed by atoms with Crippen LogP contribution in [0.2, 0.25) is 10.0 Å². The van der Waals surface area contributed by atoms with Crippen molar-refractivity contribution in [3.63, 3.8) is 0 Å². The van der Waals surface area contributed by atoms with Crippen molar-refractivity contribution in [2.24, 2.45) is 0 Å². The zero-order valence-corrected chi connectivity index (χ0v) is 15.5. The van der Waals surface area contributed by atoms with E-state index in [1.54, 1.807) is 11.0 Å². The minimum atomic E-state index is -4.38. The zero-order valence-electron chi connectivity index (χ0n) is 14.0. The topological polar surface area (TPSA) is 27.0 Å². The van der Waals surface area contributed by atoms with Crippen LogP contribution in [-0.2, 0) is 5.41 Å². The molecule has 2 aromatic carbocycles. The second-order valence-corrected chi connectivity index (χ2v) is 7.55. The maximum absolute atomic E-state index is 13.6. The number of hydrogen-bond acceptors (Lipinski definition) is 2. The molecule has 27 heavy (non-hydrogen) atoms. The van der Waals surface area contributed by atoms with Crippen molar-refractivity contribution < 1.29 is 17.6 Å². The van der Waals surface area contributed by atoms with Crippen molar-refractivity contribution in [3.8, 4) is 6.07 Å². The van der Waals surface area contributed by atoms with E-state index in [9.17, 15) is 17.6 Å². The van der Waals surface area contributed by atoms with E-state index in [1.165, 1.54) is 30.3 Å². The lowest BCUT2D eigenvalue weighted by molar-refractivity contribution is -0.146. The third kappa shape index (κ3) is 4.31. The molecule has 0 radical (unpaired) electrons. The Morgan fingerprint density at radius 3 is 2.37 bits per heavy atom. The maximum atomic E-state index is 13.6. The van der Waals surface area contributed by atoms with Gasteiger partial charge in [-0.05, 0) is 48.4 Å². The summed E-state index contributed by atoms with van der Waals surface area (Å²) in [5, 5.41) is 9.53. The van der Waals surface area contributed by atoms with E-state index in [1.807, 2.05) is 0 Å². The van der Waals surface area contributed by atoms with Crippen LogP contribution in [0.15, 0.2) is 36.4 Å². The molecule has 1 saturated heterocycles. The highest BCUT2D eigenvalue weighted by Crippen LogP contribution is 2.45. The van der Waals surface area contributed by atoms with Gasteiger partial charge in [0.05, 0.1) is 12.0 Å². The molecule has 3 rings (SSSR count). The second kappa shape index (κ2) is 7.21. The molecule has 1 unspecified atom stereocenters. The molecule has 0 aliphatic carbocycles. The molecule has 1 fully saturated rings. The Morgan fingerprint density at radius 1 is 1.11 bits per heavy atom. The molecule has 1 aliphatic heterocycles. The van der Waals surface area contributed by atoms with E-state index in [4.69, 9.17) is 28.5 Å². The Hall–Kier alpha value is -1.97. The summed E-state index contributed by atoms with van der Waals surface area (Å²) in [5.41, 5.74) is -0.451. The molecule has 0 amide bonds. The summed E-state index contributed by atoms with van der Waals surface area (Å²) in [5.74, 6) is -0.663. The molecule has 2 nitrogen and oxygen atoms in total. The van der Waals surface area contributed by atoms with Crippen LogP contribution in [-0.4, -0.2) is 19.3 Å². The smallest absolute Gasteiger partial charge is 0.371 e. The summed E-state index contributed by atoms with van der Waals surface area (Å²) in [4.78, 5) is 1.72. The average Bonchev–Trinajstić information content (AvgIpc) is 2.98. The molecule has 0 N–H and O–H groups in total. The fourth-order valence-electron chi connectivity index (χ4n) is 3.61. The van der Waals surface area contributed by atoms with Crippen LogP contribution in [0.1, 0.15) is 24.0 Å². The summed E-state index contributed by atoms with van der Waals surface area (Å²) in [6, 6.07) is 10.2. The van der Waals surface area contributed by atoms with Crippen molar-refractivity contribution in [3.05, 3.63) is 63.4 Å². The summed E-state index contributed by atoms with van der Waals surface area (Å²) in [7, 11) is 0. The quantitative estimate of drug-likeness (QED) is 0.564. The van der Waals surface area contributed by atoms with Gasteiger partial charge in [-0.3, -0.25) is 0 Å². The van der Waals surface area contributed by atoms with Crippen LogP contribution in [0, 0.1) is 17.1 Å². The summed E-state index contributed by atoms with van der Waals surface area (Å²) in [6.45, 7) is 0.385. The Kier molecular flexibility index (Phi) is 5.29. The van der Waals surface area contributed by atoms with Crippen LogP contribution < -0.4 is 4.90 Å². The minimum Gasteiger partial charge on any atom is -0.371 e. The van der Waals surface area contributed by atoms with Gasteiger partial charge in [-0.15, -0.1) is 0 Å². The number of rotatable bonds is 3. The molecule has 1 atom stereocenters. The van der Waals surface area contributed by atoms with Crippen LogP contribution in [0.25, 0.3) is 0 Å². The van der Waals surface area contributed by atoms with Gasteiger partial charge < -0.3 is 4.90 Å². The molecule has 142 valence electrons. The molecular weight excluding hydrogens is 403 g/mol. The number of hydrogen-bond donors (Lipinski definition) is 0. The van der Waals surface area contributed by atoms with Crippen molar-refractivity contribution in [2.75, 3.05) is 18.0 Å². The van der Waals surface area contributed by atoms with Gasteiger partial charge in [0, 0.05) is 34.2 Å². The molecule has 0 aromatic heterocycles. The van der Waals surface area contributed by atoms with Gasteiger partial charge in [-0.1, -0.05) is 23.2 Å². The SMILES string of the molecule is N#Cc1cc(N2CCC(CC(F)(F)F)(c3cc(Cl)cc(Cl)c3)C2)ccc1F. The number of halogens is 6. The second-order valence-electron chi connectivity index (χ2n) is 6.68. The van der Waals surface area contributed by atoms with Gasteiger partial charge >= 0.3 is 6.18 Å². The van der Waals surface area contributed by atoms with Gasteiger partial charge in [-0.25, -0.2) is 4.39 Å². The van der Waals surface area contributed by atoms with Gasteiger partial charge in [0.1, 0.15) is 11.9 Å². The fraction of sp³-hybridized carbons (Fsp3) is 0.316. The predicted octanol–water partition coefficient (Wildman–Crippen LogP) is 6.10. The maximum Gasteiger partial charge on any atom is 0.390 e. The lowest BCUT2D eigenvalue weighted by Crippen LogP contribution is -2.36. The first-order chi connectivity index (χ1) is 12.6. The van der Waals surface area contributed by atoms with Gasteiger partial charge in [-0.2, -0.15) is 18.4 Å². The van der Waals surface area contributed by atoms with E-state index < -0.39 is 23.8 Å². The van der Waals surface area contributed by atoms with Crippen LogP contribution in [0.3, 0.4) is 0 Å². The van der Waals surface area contributed by atoms with Gasteiger partial charge in [0.25, 0.3) is 0 Å². The Labute approximate surface area is 163 Å². The lowest BCUT2D eigenvalue weighted by atomic mass is 9.76. The number of alkyl halides is 3. The number of anilines is 1. The monoisotopic (exact) mass is 416 g/mol. The van der Waals surface area contributed by atoms with E-state index in [0.29, 0.717) is 17.8 Å². The highest BCUT2D eigenvalue weighted by atomic mass is 35.5. The average molecular weight is 417 g/mol. The molecule has 0 bridgehead atoms. The summed E-state index contributed by atoms with van der Waals surface area (Å²) >= 11 is 12.0. The highest BCUT2D eigenvalue weighted by molar-refractivity contribution is 6.34. The van der Waals surface area contributed by atoms with E-state index in [0.717, 1.165) is 6.07 Å². The van der Waals surface area contributed by atoms with Crippen molar-refractivity contribution in [1.29, 1.82) is 5.26 Å². The van der Waals surface area contributed by atoms with Gasteiger partial charge in [0.15, 0.2) is 0 Å².